The second-order valence-electron chi connectivity index (χ2n) is 2.98. The summed E-state index contributed by atoms with van der Waals surface area (Å²) in [5.74, 6) is -0.200. The molecule has 1 aromatic heterocycles. The number of hydrogen-bond donors (Lipinski definition) is 0. The Kier molecular flexibility index (Phi) is 2.59. The molecule has 0 aliphatic carbocycles. The van der Waals surface area contributed by atoms with Crippen LogP contribution < -0.4 is 0 Å². The van der Waals surface area contributed by atoms with Crippen molar-refractivity contribution in [2.24, 2.45) is 0 Å². The zero-order valence-electron chi connectivity index (χ0n) is 7.83. The van der Waals surface area contributed by atoms with Gasteiger partial charge in [-0.15, -0.1) is 11.3 Å². The summed E-state index contributed by atoms with van der Waals surface area (Å²) in [5, 5.41) is 1.12. The van der Waals surface area contributed by atoms with E-state index in [0.717, 1.165) is 21.9 Å². The first-order chi connectivity index (χ1) is 6.79. The molecule has 0 atom stereocenters. The Bertz CT molecular complexity index is 419. The minimum atomic E-state index is -0.200. The molecule has 0 fully saturated rings. The third-order valence-electron chi connectivity index (χ3n) is 1.98. The van der Waals surface area contributed by atoms with E-state index in [-0.39, 0.29) is 5.82 Å². The predicted octanol–water partition coefficient (Wildman–Crippen LogP) is 3.51. The third-order valence-corrected chi connectivity index (χ3v) is 3.18. The zero-order chi connectivity index (χ0) is 9.97. The standard InChI is InChI=1S/C11H10FNS/c1-2-11-13-7-10(14-11)8-3-5-9(12)6-4-8/h3-7H,2H2,1H3. The van der Waals surface area contributed by atoms with Crippen molar-refractivity contribution in [2.75, 3.05) is 0 Å². The molecule has 0 radical (unpaired) electrons. The molecular formula is C11H10FNS. The van der Waals surface area contributed by atoms with Crippen molar-refractivity contribution in [3.63, 3.8) is 0 Å². The van der Waals surface area contributed by atoms with Crippen molar-refractivity contribution in [1.29, 1.82) is 0 Å². The molecule has 0 bridgehead atoms. The molecule has 14 heavy (non-hydrogen) atoms. The summed E-state index contributed by atoms with van der Waals surface area (Å²) in [4.78, 5) is 5.36. The predicted molar refractivity (Wildman–Crippen MR) is 56.9 cm³/mol. The van der Waals surface area contributed by atoms with E-state index in [1.54, 1.807) is 23.5 Å². The van der Waals surface area contributed by atoms with Gasteiger partial charge in [0.25, 0.3) is 0 Å². The molecule has 0 amide bonds. The normalized spacial score (nSPS) is 10.4. The summed E-state index contributed by atoms with van der Waals surface area (Å²) in [7, 11) is 0. The second kappa shape index (κ2) is 3.88. The van der Waals surface area contributed by atoms with Gasteiger partial charge in [0.05, 0.1) is 9.88 Å². The van der Waals surface area contributed by atoms with Crippen molar-refractivity contribution < 1.29 is 4.39 Å². The van der Waals surface area contributed by atoms with E-state index in [4.69, 9.17) is 0 Å². The Morgan fingerprint density at radius 3 is 2.57 bits per heavy atom. The molecule has 1 aromatic carbocycles. The summed E-state index contributed by atoms with van der Waals surface area (Å²) in [6.07, 6.45) is 2.79. The lowest BCUT2D eigenvalue weighted by molar-refractivity contribution is 0.628. The fraction of sp³-hybridized carbons (Fsp3) is 0.182. The third kappa shape index (κ3) is 1.82. The lowest BCUT2D eigenvalue weighted by Gasteiger charge is -1.94. The highest BCUT2D eigenvalue weighted by atomic mass is 32.1. The van der Waals surface area contributed by atoms with E-state index in [2.05, 4.69) is 11.9 Å². The SMILES string of the molecule is CCc1ncc(-c2ccc(F)cc2)s1. The fourth-order valence-corrected chi connectivity index (χ4v) is 2.08. The Balaban J connectivity index is 2.34. The molecule has 0 unspecified atom stereocenters. The summed E-state index contributed by atoms with van der Waals surface area (Å²) < 4.78 is 12.7. The van der Waals surface area contributed by atoms with Gasteiger partial charge in [-0.05, 0) is 24.1 Å². The highest BCUT2D eigenvalue weighted by molar-refractivity contribution is 7.15. The van der Waals surface area contributed by atoms with Gasteiger partial charge in [-0.3, -0.25) is 0 Å². The van der Waals surface area contributed by atoms with Crippen molar-refractivity contribution in [1.82, 2.24) is 4.98 Å². The maximum atomic E-state index is 12.7. The average molecular weight is 207 g/mol. The Morgan fingerprint density at radius 1 is 1.29 bits per heavy atom. The highest BCUT2D eigenvalue weighted by Gasteiger charge is 2.02. The van der Waals surface area contributed by atoms with Gasteiger partial charge in [-0.25, -0.2) is 9.37 Å². The van der Waals surface area contributed by atoms with Gasteiger partial charge in [-0.1, -0.05) is 19.1 Å². The molecule has 1 heterocycles. The molecule has 0 spiro atoms. The van der Waals surface area contributed by atoms with Crippen molar-refractivity contribution in [3.05, 3.63) is 41.3 Å². The molecule has 3 heteroatoms. The molecule has 0 aliphatic rings. The van der Waals surface area contributed by atoms with Crippen LogP contribution in [0, 0.1) is 5.82 Å². The first-order valence-electron chi connectivity index (χ1n) is 4.50. The zero-order valence-corrected chi connectivity index (χ0v) is 8.64. The molecule has 1 nitrogen and oxygen atoms in total. The maximum absolute atomic E-state index is 12.7. The molecule has 0 saturated heterocycles. The minimum Gasteiger partial charge on any atom is -0.249 e. The van der Waals surface area contributed by atoms with Crippen molar-refractivity contribution in [3.8, 4) is 10.4 Å². The quantitative estimate of drug-likeness (QED) is 0.734. The van der Waals surface area contributed by atoms with Crippen LogP contribution in [0.1, 0.15) is 11.9 Å². The van der Waals surface area contributed by atoms with E-state index in [9.17, 15) is 4.39 Å². The average Bonchev–Trinajstić information content (AvgIpc) is 2.67. The van der Waals surface area contributed by atoms with Gasteiger partial charge in [0.15, 0.2) is 0 Å². The Hall–Kier alpha value is -1.22. The van der Waals surface area contributed by atoms with Gasteiger partial charge < -0.3 is 0 Å². The fourth-order valence-electron chi connectivity index (χ4n) is 1.22. The molecule has 0 saturated carbocycles. The molecule has 2 aromatic rings. The van der Waals surface area contributed by atoms with E-state index in [0.29, 0.717) is 0 Å². The molecule has 72 valence electrons. The lowest BCUT2D eigenvalue weighted by atomic mass is 10.2. The smallest absolute Gasteiger partial charge is 0.123 e. The van der Waals surface area contributed by atoms with Gasteiger partial charge >= 0.3 is 0 Å². The van der Waals surface area contributed by atoms with E-state index < -0.39 is 0 Å². The van der Waals surface area contributed by atoms with Gasteiger partial charge in [0.1, 0.15) is 5.82 Å². The van der Waals surface area contributed by atoms with Gasteiger partial charge in [0, 0.05) is 6.20 Å². The number of benzene rings is 1. The topological polar surface area (TPSA) is 12.9 Å². The summed E-state index contributed by atoms with van der Waals surface area (Å²) >= 11 is 1.66. The lowest BCUT2D eigenvalue weighted by Crippen LogP contribution is -1.73. The second-order valence-corrected chi connectivity index (χ2v) is 4.09. The maximum Gasteiger partial charge on any atom is 0.123 e. The molecule has 0 aliphatic heterocycles. The van der Waals surface area contributed by atoms with Crippen LogP contribution >= 0.6 is 11.3 Å². The van der Waals surface area contributed by atoms with E-state index in [1.807, 2.05) is 6.20 Å². The van der Waals surface area contributed by atoms with Crippen molar-refractivity contribution in [2.45, 2.75) is 13.3 Å². The van der Waals surface area contributed by atoms with Crippen LogP contribution in [0.5, 0.6) is 0 Å². The summed E-state index contributed by atoms with van der Waals surface area (Å²) in [6.45, 7) is 2.08. The number of nitrogens with zero attached hydrogens (tertiary/aromatic N) is 1. The number of aryl methyl sites for hydroxylation is 1. The van der Waals surface area contributed by atoms with E-state index in [1.165, 1.54) is 12.1 Å². The number of hydrogen-bond acceptors (Lipinski definition) is 2. The van der Waals surface area contributed by atoms with Crippen LogP contribution in [0.15, 0.2) is 30.5 Å². The first-order valence-corrected chi connectivity index (χ1v) is 5.32. The van der Waals surface area contributed by atoms with Crippen LogP contribution in [0.3, 0.4) is 0 Å². The van der Waals surface area contributed by atoms with Crippen LogP contribution in [0.2, 0.25) is 0 Å². The molecular weight excluding hydrogens is 197 g/mol. The van der Waals surface area contributed by atoms with Crippen LogP contribution in [-0.2, 0) is 6.42 Å². The van der Waals surface area contributed by atoms with Gasteiger partial charge in [0.2, 0.25) is 0 Å². The molecule has 2 rings (SSSR count). The number of rotatable bonds is 2. The van der Waals surface area contributed by atoms with Crippen LogP contribution in [0.4, 0.5) is 4.39 Å². The van der Waals surface area contributed by atoms with Crippen LogP contribution in [-0.4, -0.2) is 4.98 Å². The number of aromatic nitrogens is 1. The summed E-state index contributed by atoms with van der Waals surface area (Å²) in [6, 6.07) is 6.51. The Labute approximate surface area is 86.2 Å². The number of thiazole rings is 1. The molecule has 0 N–H and O–H groups in total. The number of halogens is 1. The van der Waals surface area contributed by atoms with E-state index >= 15 is 0 Å². The van der Waals surface area contributed by atoms with Crippen molar-refractivity contribution >= 4 is 11.3 Å². The minimum absolute atomic E-state index is 0.200. The Morgan fingerprint density at radius 2 is 2.00 bits per heavy atom. The monoisotopic (exact) mass is 207 g/mol. The largest absolute Gasteiger partial charge is 0.249 e. The highest BCUT2D eigenvalue weighted by Crippen LogP contribution is 2.26. The van der Waals surface area contributed by atoms with Crippen LogP contribution in [0.25, 0.3) is 10.4 Å². The summed E-state index contributed by atoms with van der Waals surface area (Å²) in [5.41, 5.74) is 1.03. The van der Waals surface area contributed by atoms with Gasteiger partial charge in [-0.2, -0.15) is 0 Å². The first kappa shape index (κ1) is 9.34.